The Morgan fingerprint density at radius 3 is 3.00 bits per heavy atom. The molecule has 1 aliphatic carbocycles. The Morgan fingerprint density at radius 2 is 2.33 bits per heavy atom. The van der Waals surface area contributed by atoms with E-state index >= 15 is 0 Å². The zero-order valence-corrected chi connectivity index (χ0v) is 7.40. The average molecular weight is 172 g/mol. The van der Waals surface area contributed by atoms with E-state index in [-0.39, 0.29) is 18.5 Å². The molecule has 3 heteroatoms. The molecule has 1 heterocycles. The highest BCUT2D eigenvalue weighted by Gasteiger charge is 2.42. The summed E-state index contributed by atoms with van der Waals surface area (Å²) in [6.45, 7) is 2.67. The fourth-order valence-corrected chi connectivity index (χ4v) is 2.16. The van der Waals surface area contributed by atoms with Gasteiger partial charge in [-0.25, -0.2) is 0 Å². The van der Waals surface area contributed by atoms with Gasteiger partial charge in [0, 0.05) is 12.5 Å². The number of ether oxygens (including phenoxy) is 2. The summed E-state index contributed by atoms with van der Waals surface area (Å²) in [6, 6.07) is 0. The van der Waals surface area contributed by atoms with Gasteiger partial charge in [0.1, 0.15) is 0 Å². The van der Waals surface area contributed by atoms with E-state index in [0.29, 0.717) is 12.5 Å². The maximum atomic E-state index is 9.50. The highest BCUT2D eigenvalue weighted by Crippen LogP contribution is 2.38. The number of aliphatic hydroxyl groups is 1. The Balaban J connectivity index is 1.96. The van der Waals surface area contributed by atoms with Crippen molar-refractivity contribution in [2.45, 2.75) is 44.7 Å². The van der Waals surface area contributed by atoms with Crippen LogP contribution < -0.4 is 0 Å². The highest BCUT2D eigenvalue weighted by molar-refractivity contribution is 4.88. The summed E-state index contributed by atoms with van der Waals surface area (Å²) in [4.78, 5) is 0. The van der Waals surface area contributed by atoms with Crippen molar-refractivity contribution in [3.63, 3.8) is 0 Å². The van der Waals surface area contributed by atoms with Crippen molar-refractivity contribution in [2.24, 2.45) is 5.92 Å². The standard InChI is InChI=1S/C9H16O3/c1-2-11-9-6-3-4-7(10)8(5-6)12-9/h6-10H,2-5H2,1H3/t6-,7?,8?,9+/m1/s1. The second-order valence-corrected chi connectivity index (χ2v) is 3.64. The van der Waals surface area contributed by atoms with E-state index in [1.54, 1.807) is 0 Å². The first-order chi connectivity index (χ1) is 5.81. The molecule has 0 radical (unpaired) electrons. The van der Waals surface area contributed by atoms with E-state index in [9.17, 15) is 5.11 Å². The molecule has 0 amide bonds. The summed E-state index contributed by atoms with van der Waals surface area (Å²) in [5.74, 6) is 0.526. The van der Waals surface area contributed by atoms with Gasteiger partial charge in [-0.15, -0.1) is 0 Å². The summed E-state index contributed by atoms with van der Waals surface area (Å²) >= 11 is 0. The van der Waals surface area contributed by atoms with Crippen LogP contribution in [0, 0.1) is 5.92 Å². The highest BCUT2D eigenvalue weighted by atomic mass is 16.7. The fourth-order valence-electron chi connectivity index (χ4n) is 2.16. The third kappa shape index (κ3) is 1.37. The van der Waals surface area contributed by atoms with Crippen LogP contribution in [0.1, 0.15) is 26.2 Å². The molecule has 2 aliphatic rings. The monoisotopic (exact) mass is 172 g/mol. The number of hydrogen-bond acceptors (Lipinski definition) is 3. The first kappa shape index (κ1) is 8.48. The molecule has 12 heavy (non-hydrogen) atoms. The van der Waals surface area contributed by atoms with Gasteiger partial charge in [0.2, 0.25) is 0 Å². The van der Waals surface area contributed by atoms with E-state index in [1.165, 1.54) is 0 Å². The number of aliphatic hydroxyl groups excluding tert-OH is 1. The van der Waals surface area contributed by atoms with Crippen LogP contribution in [0.25, 0.3) is 0 Å². The molecule has 3 nitrogen and oxygen atoms in total. The SMILES string of the molecule is CCO[C@H]1OC2C[C@H]1CCC2O. The minimum Gasteiger partial charge on any atom is -0.390 e. The minimum atomic E-state index is -0.258. The molecule has 0 aromatic heterocycles. The van der Waals surface area contributed by atoms with Crippen LogP contribution in [-0.2, 0) is 9.47 Å². The average Bonchev–Trinajstić information content (AvgIpc) is 2.39. The van der Waals surface area contributed by atoms with Crippen LogP contribution in [0.2, 0.25) is 0 Å². The molecule has 2 fully saturated rings. The predicted molar refractivity (Wildman–Crippen MR) is 43.6 cm³/mol. The molecule has 70 valence electrons. The maximum Gasteiger partial charge on any atom is 0.160 e. The van der Waals surface area contributed by atoms with Crippen LogP contribution in [0.3, 0.4) is 0 Å². The Hall–Kier alpha value is -0.120. The first-order valence-electron chi connectivity index (χ1n) is 4.76. The molecule has 0 aromatic rings. The van der Waals surface area contributed by atoms with E-state index < -0.39 is 0 Å². The largest absolute Gasteiger partial charge is 0.390 e. The molecule has 1 aliphatic heterocycles. The number of hydrogen-bond donors (Lipinski definition) is 1. The third-order valence-corrected chi connectivity index (χ3v) is 2.82. The van der Waals surface area contributed by atoms with Crippen LogP contribution in [0.5, 0.6) is 0 Å². The van der Waals surface area contributed by atoms with Gasteiger partial charge in [-0.3, -0.25) is 0 Å². The van der Waals surface area contributed by atoms with Crippen molar-refractivity contribution in [1.29, 1.82) is 0 Å². The normalized spacial score (nSPS) is 46.5. The Labute approximate surface area is 72.7 Å². The molecular formula is C9H16O3. The van der Waals surface area contributed by atoms with Crippen molar-refractivity contribution in [1.82, 2.24) is 0 Å². The van der Waals surface area contributed by atoms with Gasteiger partial charge in [0.15, 0.2) is 6.29 Å². The Morgan fingerprint density at radius 1 is 1.50 bits per heavy atom. The molecular weight excluding hydrogens is 156 g/mol. The van der Waals surface area contributed by atoms with E-state index in [4.69, 9.17) is 9.47 Å². The van der Waals surface area contributed by atoms with E-state index in [1.807, 2.05) is 6.92 Å². The maximum absolute atomic E-state index is 9.50. The van der Waals surface area contributed by atoms with Crippen LogP contribution in [-0.4, -0.2) is 30.2 Å². The third-order valence-electron chi connectivity index (χ3n) is 2.82. The van der Waals surface area contributed by atoms with Crippen molar-refractivity contribution in [3.8, 4) is 0 Å². The van der Waals surface area contributed by atoms with Gasteiger partial charge in [0.25, 0.3) is 0 Å². The van der Waals surface area contributed by atoms with Gasteiger partial charge < -0.3 is 14.6 Å². The van der Waals surface area contributed by atoms with Crippen LogP contribution >= 0.6 is 0 Å². The lowest BCUT2D eigenvalue weighted by Crippen LogP contribution is -2.28. The molecule has 4 atom stereocenters. The van der Waals surface area contributed by atoms with Crippen molar-refractivity contribution >= 4 is 0 Å². The van der Waals surface area contributed by atoms with E-state index in [2.05, 4.69) is 0 Å². The lowest BCUT2D eigenvalue weighted by molar-refractivity contribution is -0.153. The summed E-state index contributed by atoms with van der Waals surface area (Å²) in [5, 5.41) is 9.50. The van der Waals surface area contributed by atoms with Crippen molar-refractivity contribution < 1.29 is 14.6 Å². The van der Waals surface area contributed by atoms with Gasteiger partial charge in [-0.05, 0) is 26.2 Å². The summed E-state index contributed by atoms with van der Waals surface area (Å²) < 4.78 is 11.0. The first-order valence-corrected chi connectivity index (χ1v) is 4.76. The van der Waals surface area contributed by atoms with E-state index in [0.717, 1.165) is 19.3 Å². The van der Waals surface area contributed by atoms with Crippen LogP contribution in [0.4, 0.5) is 0 Å². The number of rotatable bonds is 2. The molecule has 0 aromatic carbocycles. The lowest BCUT2D eigenvalue weighted by atomic mass is 9.88. The lowest BCUT2D eigenvalue weighted by Gasteiger charge is -2.21. The zero-order valence-electron chi connectivity index (χ0n) is 7.40. The fraction of sp³-hybridized carbons (Fsp3) is 1.00. The van der Waals surface area contributed by atoms with Gasteiger partial charge in [-0.1, -0.05) is 0 Å². The van der Waals surface area contributed by atoms with Gasteiger partial charge in [-0.2, -0.15) is 0 Å². The molecule has 1 N–H and O–H groups in total. The van der Waals surface area contributed by atoms with Crippen molar-refractivity contribution in [3.05, 3.63) is 0 Å². The van der Waals surface area contributed by atoms with Crippen molar-refractivity contribution in [2.75, 3.05) is 6.61 Å². The van der Waals surface area contributed by atoms with Gasteiger partial charge in [0.05, 0.1) is 12.2 Å². The Kier molecular flexibility index (Phi) is 2.35. The molecule has 2 bridgehead atoms. The summed E-state index contributed by atoms with van der Waals surface area (Å²) in [7, 11) is 0. The van der Waals surface area contributed by atoms with Gasteiger partial charge >= 0.3 is 0 Å². The van der Waals surface area contributed by atoms with Crippen LogP contribution in [0.15, 0.2) is 0 Å². The molecule has 2 unspecified atom stereocenters. The molecule has 1 saturated heterocycles. The smallest absolute Gasteiger partial charge is 0.160 e. The predicted octanol–water partition coefficient (Wildman–Crippen LogP) is 0.909. The molecule has 1 saturated carbocycles. The second kappa shape index (κ2) is 3.32. The number of fused-ring (bicyclic) bond motifs is 2. The minimum absolute atomic E-state index is 0.0419. The molecule has 2 rings (SSSR count). The molecule has 0 spiro atoms. The zero-order chi connectivity index (χ0) is 8.55. The summed E-state index contributed by atoms with van der Waals surface area (Å²) in [5.41, 5.74) is 0. The summed E-state index contributed by atoms with van der Waals surface area (Å²) in [6.07, 6.45) is 2.64. The Bertz CT molecular complexity index is 160. The second-order valence-electron chi connectivity index (χ2n) is 3.64. The topological polar surface area (TPSA) is 38.7 Å². The quantitative estimate of drug-likeness (QED) is 0.672.